The third-order valence-electron chi connectivity index (χ3n) is 6.86. The second-order valence-corrected chi connectivity index (χ2v) is 9.00. The predicted octanol–water partition coefficient (Wildman–Crippen LogP) is 4.87. The van der Waals surface area contributed by atoms with Crippen molar-refractivity contribution in [3.8, 4) is 17.0 Å². The number of hydrogen-bond donors (Lipinski definition) is 1. The van der Waals surface area contributed by atoms with Crippen molar-refractivity contribution in [2.75, 3.05) is 19.6 Å². The van der Waals surface area contributed by atoms with Crippen molar-refractivity contribution in [2.24, 2.45) is 0 Å². The van der Waals surface area contributed by atoms with Crippen LogP contribution in [0.2, 0.25) is 0 Å². The summed E-state index contributed by atoms with van der Waals surface area (Å²) in [7, 11) is 0. The highest BCUT2D eigenvalue weighted by Gasteiger charge is 2.36. The molecule has 7 nitrogen and oxygen atoms in total. The molecule has 0 spiro atoms. The molecule has 2 aliphatic rings. The maximum absolute atomic E-state index is 14.0. The van der Waals surface area contributed by atoms with Crippen LogP contribution in [0.15, 0.2) is 72.4 Å². The van der Waals surface area contributed by atoms with Crippen molar-refractivity contribution in [1.82, 2.24) is 24.6 Å². The number of pyridine rings is 1. The van der Waals surface area contributed by atoms with Crippen LogP contribution in [0, 0.1) is 12.7 Å². The van der Waals surface area contributed by atoms with Crippen LogP contribution >= 0.6 is 0 Å². The number of phenolic OH excluding ortho intramolecular Hbond substituents is 1. The van der Waals surface area contributed by atoms with Gasteiger partial charge in [-0.25, -0.2) is 14.2 Å². The van der Waals surface area contributed by atoms with Gasteiger partial charge in [0.15, 0.2) is 17.2 Å². The third-order valence-corrected chi connectivity index (χ3v) is 6.86. The van der Waals surface area contributed by atoms with Gasteiger partial charge in [-0.3, -0.25) is 0 Å². The van der Waals surface area contributed by atoms with E-state index in [1.165, 1.54) is 16.8 Å². The second kappa shape index (κ2) is 8.23. The summed E-state index contributed by atoms with van der Waals surface area (Å²) in [6.45, 7) is 4.05. The van der Waals surface area contributed by atoms with Crippen molar-refractivity contribution in [1.29, 1.82) is 0 Å². The first kappa shape index (κ1) is 21.3. The Bertz CT molecular complexity index is 1480. The van der Waals surface area contributed by atoms with E-state index in [0.29, 0.717) is 29.1 Å². The molecule has 1 saturated heterocycles. The number of nitrogens with zero attached hydrogens (tertiary/aromatic N) is 5. The number of piperazine rings is 1. The minimum Gasteiger partial charge on any atom is -0.505 e. The highest BCUT2D eigenvalue weighted by atomic mass is 19.1. The number of aromatic nitrogens is 3. The number of fused-ring (bicyclic) bond motifs is 2. The van der Waals surface area contributed by atoms with Crippen molar-refractivity contribution in [3.63, 3.8) is 0 Å². The maximum Gasteiger partial charge on any atom is 0.347 e. The quantitative estimate of drug-likeness (QED) is 0.454. The Kier molecular flexibility index (Phi) is 5.02. The number of amides is 1. The first-order valence-electron chi connectivity index (χ1n) is 11.6. The van der Waals surface area contributed by atoms with Crippen LogP contribution in [0.4, 0.5) is 9.18 Å². The largest absolute Gasteiger partial charge is 0.505 e. The van der Waals surface area contributed by atoms with E-state index in [1.54, 1.807) is 12.1 Å². The molecule has 1 unspecified atom stereocenters. The smallest absolute Gasteiger partial charge is 0.347 e. The maximum atomic E-state index is 14.0. The summed E-state index contributed by atoms with van der Waals surface area (Å²) >= 11 is 0. The molecule has 1 atom stereocenters. The lowest BCUT2D eigenvalue weighted by Crippen LogP contribution is -2.49. The van der Waals surface area contributed by atoms with Crippen LogP contribution < -0.4 is 0 Å². The molecule has 4 aromatic rings. The van der Waals surface area contributed by atoms with E-state index in [0.717, 1.165) is 36.2 Å². The van der Waals surface area contributed by atoms with Gasteiger partial charge in [0.2, 0.25) is 0 Å². The normalized spacial score (nSPS) is 17.5. The fraction of sp³-hybridized carbons (Fsp3) is 0.222. The number of benzene rings is 2. The summed E-state index contributed by atoms with van der Waals surface area (Å²) in [6.07, 6.45) is 3.18. The van der Waals surface area contributed by atoms with Gasteiger partial charge in [0.1, 0.15) is 0 Å². The van der Waals surface area contributed by atoms with Gasteiger partial charge in [0.05, 0.1) is 24.0 Å². The SMILES string of the molecule is Cc1nn(C(=O)N2CC3=CCCN3CC2c2ccccc2)c2nc(-c3ccc(O)c(F)c3)ccc12. The highest BCUT2D eigenvalue weighted by Crippen LogP contribution is 2.34. The molecule has 0 saturated carbocycles. The predicted molar refractivity (Wildman–Crippen MR) is 130 cm³/mol. The minimum absolute atomic E-state index is 0.118. The van der Waals surface area contributed by atoms with Crippen LogP contribution in [0.1, 0.15) is 23.7 Å². The summed E-state index contributed by atoms with van der Waals surface area (Å²) in [5.74, 6) is -1.14. The van der Waals surface area contributed by atoms with E-state index in [4.69, 9.17) is 4.98 Å². The molecular formula is C27H24FN5O2. The zero-order valence-electron chi connectivity index (χ0n) is 19.2. The lowest BCUT2D eigenvalue weighted by molar-refractivity contribution is 0.130. The molecule has 4 heterocycles. The lowest BCUT2D eigenvalue weighted by atomic mass is 10.0. The Balaban J connectivity index is 1.43. The zero-order valence-corrected chi connectivity index (χ0v) is 19.2. The fourth-order valence-electron chi connectivity index (χ4n) is 5.01. The van der Waals surface area contributed by atoms with E-state index in [2.05, 4.69) is 28.2 Å². The van der Waals surface area contributed by atoms with Gasteiger partial charge in [-0.1, -0.05) is 36.4 Å². The average Bonchev–Trinajstić information content (AvgIpc) is 3.48. The van der Waals surface area contributed by atoms with Gasteiger partial charge < -0.3 is 14.9 Å². The summed E-state index contributed by atoms with van der Waals surface area (Å²) in [5, 5.41) is 14.9. The van der Waals surface area contributed by atoms with Crippen molar-refractivity contribution >= 4 is 17.1 Å². The number of phenols is 1. The number of hydrogen-bond acceptors (Lipinski definition) is 5. The topological polar surface area (TPSA) is 74.5 Å². The molecule has 6 rings (SSSR count). The van der Waals surface area contributed by atoms with E-state index >= 15 is 0 Å². The van der Waals surface area contributed by atoms with E-state index in [1.807, 2.05) is 36.1 Å². The van der Waals surface area contributed by atoms with Crippen LogP contribution in [-0.4, -0.2) is 55.3 Å². The molecule has 1 amide bonds. The standard InChI is InChI=1S/C27H24FN5O2/c1-17-21-10-11-23(19-9-12-25(34)22(28)14-19)29-26(21)33(30-17)27(35)32-15-20-8-5-13-31(20)16-24(32)18-6-3-2-4-7-18/h2-4,6-12,14,24,34H,5,13,15-16H2,1H3. The molecule has 2 aromatic carbocycles. The molecule has 1 fully saturated rings. The number of carbonyl (C=O) groups is 1. The van der Waals surface area contributed by atoms with Crippen molar-refractivity contribution in [2.45, 2.75) is 19.4 Å². The number of aromatic hydroxyl groups is 1. The van der Waals surface area contributed by atoms with Gasteiger partial charge in [-0.2, -0.15) is 9.78 Å². The van der Waals surface area contributed by atoms with Crippen LogP contribution in [0.5, 0.6) is 5.75 Å². The number of rotatable bonds is 2. The van der Waals surface area contributed by atoms with Gasteiger partial charge in [-0.15, -0.1) is 0 Å². The molecule has 0 aliphatic carbocycles. The van der Waals surface area contributed by atoms with E-state index in [-0.39, 0.29) is 12.1 Å². The Morgan fingerprint density at radius 2 is 1.94 bits per heavy atom. The molecule has 176 valence electrons. The molecule has 1 N–H and O–H groups in total. The number of aryl methyl sites for hydroxylation is 1. The van der Waals surface area contributed by atoms with Gasteiger partial charge in [-0.05, 0) is 49.2 Å². The summed E-state index contributed by atoms with van der Waals surface area (Å²) < 4.78 is 15.3. The zero-order chi connectivity index (χ0) is 24.1. The lowest BCUT2D eigenvalue weighted by Gasteiger charge is -2.42. The van der Waals surface area contributed by atoms with Crippen molar-refractivity contribution in [3.05, 3.63) is 89.5 Å². The Morgan fingerprint density at radius 1 is 1.11 bits per heavy atom. The number of halogens is 1. The summed E-state index contributed by atoms with van der Waals surface area (Å²) in [6, 6.07) is 17.4. The Hall–Kier alpha value is -4.20. The second-order valence-electron chi connectivity index (χ2n) is 9.00. The van der Waals surface area contributed by atoms with Crippen LogP contribution in [0.25, 0.3) is 22.3 Å². The Labute approximate surface area is 201 Å². The van der Waals surface area contributed by atoms with Crippen LogP contribution in [-0.2, 0) is 0 Å². The van der Waals surface area contributed by atoms with Gasteiger partial charge in [0.25, 0.3) is 0 Å². The van der Waals surface area contributed by atoms with Crippen LogP contribution in [0.3, 0.4) is 0 Å². The van der Waals surface area contributed by atoms with Gasteiger partial charge >= 0.3 is 6.03 Å². The molecular weight excluding hydrogens is 445 g/mol. The van der Waals surface area contributed by atoms with Crippen molar-refractivity contribution < 1.29 is 14.3 Å². The number of carbonyl (C=O) groups excluding carboxylic acids is 1. The van der Waals surface area contributed by atoms with E-state index < -0.39 is 11.6 Å². The summed E-state index contributed by atoms with van der Waals surface area (Å²) in [4.78, 5) is 22.9. The molecule has 0 radical (unpaired) electrons. The first-order chi connectivity index (χ1) is 17.0. The minimum atomic E-state index is -0.724. The third kappa shape index (κ3) is 3.62. The highest BCUT2D eigenvalue weighted by molar-refractivity contribution is 5.91. The molecule has 8 heteroatoms. The monoisotopic (exact) mass is 469 g/mol. The molecule has 2 aromatic heterocycles. The first-order valence-corrected chi connectivity index (χ1v) is 11.6. The fourth-order valence-corrected chi connectivity index (χ4v) is 5.01. The molecule has 0 bridgehead atoms. The van der Waals surface area contributed by atoms with E-state index in [9.17, 15) is 14.3 Å². The Morgan fingerprint density at radius 3 is 2.74 bits per heavy atom. The van der Waals surface area contributed by atoms with Gasteiger partial charge in [0, 0.05) is 29.7 Å². The molecule has 2 aliphatic heterocycles. The molecule has 35 heavy (non-hydrogen) atoms. The summed E-state index contributed by atoms with van der Waals surface area (Å²) in [5.41, 5.74) is 4.35. The average molecular weight is 470 g/mol.